The van der Waals surface area contributed by atoms with Crippen molar-refractivity contribution < 1.29 is 4.39 Å². The van der Waals surface area contributed by atoms with Gasteiger partial charge in [0.1, 0.15) is 5.82 Å². The highest BCUT2D eigenvalue weighted by atomic mass is 19.1. The molecule has 0 saturated heterocycles. The summed E-state index contributed by atoms with van der Waals surface area (Å²) < 4.78 is 13.7. The van der Waals surface area contributed by atoms with Gasteiger partial charge >= 0.3 is 0 Å². The van der Waals surface area contributed by atoms with E-state index in [0.717, 1.165) is 5.56 Å². The molecule has 1 fully saturated rings. The van der Waals surface area contributed by atoms with Gasteiger partial charge in [0.05, 0.1) is 0 Å². The summed E-state index contributed by atoms with van der Waals surface area (Å²) in [6.45, 7) is 6.71. The van der Waals surface area contributed by atoms with Gasteiger partial charge < -0.3 is 5.32 Å². The van der Waals surface area contributed by atoms with E-state index in [1.165, 1.54) is 25.7 Å². The molecule has 0 spiro atoms. The molecule has 100 valence electrons. The summed E-state index contributed by atoms with van der Waals surface area (Å²) >= 11 is 0. The molecule has 1 aromatic carbocycles. The van der Waals surface area contributed by atoms with Crippen LogP contribution >= 0.6 is 0 Å². The van der Waals surface area contributed by atoms with E-state index in [0.29, 0.717) is 11.5 Å². The molecule has 1 saturated carbocycles. The molecule has 0 amide bonds. The van der Waals surface area contributed by atoms with Crippen molar-refractivity contribution in [2.24, 2.45) is 5.41 Å². The normalized spacial score (nSPS) is 24.8. The van der Waals surface area contributed by atoms with Crippen LogP contribution in [0.2, 0.25) is 0 Å². The van der Waals surface area contributed by atoms with Crippen LogP contribution < -0.4 is 5.32 Å². The zero-order valence-electron chi connectivity index (χ0n) is 11.7. The maximum Gasteiger partial charge on any atom is 0.127 e. The van der Waals surface area contributed by atoms with Gasteiger partial charge in [0.15, 0.2) is 0 Å². The Kier molecular flexibility index (Phi) is 4.06. The molecule has 1 nitrogen and oxygen atoms in total. The highest BCUT2D eigenvalue weighted by Gasteiger charge is 2.28. The molecule has 1 aliphatic carbocycles. The van der Waals surface area contributed by atoms with Crippen LogP contribution in [0.5, 0.6) is 0 Å². The summed E-state index contributed by atoms with van der Waals surface area (Å²) in [6.07, 6.45) is 4.97. The maximum absolute atomic E-state index is 13.7. The smallest absolute Gasteiger partial charge is 0.127 e. The van der Waals surface area contributed by atoms with Gasteiger partial charge in [0.25, 0.3) is 0 Å². The lowest BCUT2D eigenvalue weighted by atomic mass is 9.75. The van der Waals surface area contributed by atoms with Gasteiger partial charge in [-0.25, -0.2) is 4.39 Å². The monoisotopic (exact) mass is 249 g/mol. The second kappa shape index (κ2) is 5.40. The Morgan fingerprint density at radius 3 is 2.72 bits per heavy atom. The van der Waals surface area contributed by atoms with Gasteiger partial charge in [-0.15, -0.1) is 0 Å². The first-order chi connectivity index (χ1) is 8.48. The fourth-order valence-corrected chi connectivity index (χ4v) is 3.11. The topological polar surface area (TPSA) is 12.0 Å². The third-order valence-corrected chi connectivity index (χ3v) is 4.06. The molecule has 18 heavy (non-hydrogen) atoms. The van der Waals surface area contributed by atoms with Crippen molar-refractivity contribution in [3.8, 4) is 0 Å². The summed E-state index contributed by atoms with van der Waals surface area (Å²) in [7, 11) is 0. The number of halogens is 1. The Morgan fingerprint density at radius 1 is 1.33 bits per heavy atom. The zero-order valence-corrected chi connectivity index (χ0v) is 11.7. The minimum Gasteiger partial charge on any atom is -0.307 e. The fourth-order valence-electron chi connectivity index (χ4n) is 3.11. The predicted octanol–water partition coefficient (Wildman–Crippen LogP) is 4.45. The van der Waals surface area contributed by atoms with Crippen molar-refractivity contribution in [2.45, 2.75) is 58.5 Å². The van der Waals surface area contributed by atoms with E-state index >= 15 is 0 Å². The molecule has 1 N–H and O–H groups in total. The third-order valence-electron chi connectivity index (χ3n) is 4.06. The minimum atomic E-state index is -0.104. The number of nitrogens with one attached hydrogen (secondary N) is 1. The molecule has 0 aliphatic heterocycles. The summed E-state index contributed by atoms with van der Waals surface area (Å²) in [6, 6.07) is 7.67. The SMILES string of the molecule is CC(NC1CCCC(C)(C)C1)c1ccccc1F. The molecule has 0 heterocycles. The van der Waals surface area contributed by atoms with Crippen LogP contribution in [0.1, 0.15) is 58.1 Å². The standard InChI is InChI=1S/C16H24FN/c1-12(14-8-4-5-9-15(14)17)18-13-7-6-10-16(2,3)11-13/h4-5,8-9,12-13,18H,6-7,10-11H2,1-3H3. The second-order valence-corrected chi connectivity index (χ2v) is 6.37. The lowest BCUT2D eigenvalue weighted by molar-refractivity contribution is 0.190. The fraction of sp³-hybridized carbons (Fsp3) is 0.625. The molecule has 2 unspecified atom stereocenters. The quantitative estimate of drug-likeness (QED) is 0.834. The molecule has 2 atom stereocenters. The molecule has 0 radical (unpaired) electrons. The van der Waals surface area contributed by atoms with E-state index in [1.54, 1.807) is 12.1 Å². The minimum absolute atomic E-state index is 0.0881. The molecule has 0 aromatic heterocycles. The highest BCUT2D eigenvalue weighted by molar-refractivity contribution is 5.20. The molecule has 1 aliphatic rings. The number of hydrogen-bond acceptors (Lipinski definition) is 1. The Labute approximate surface area is 110 Å². The molecule has 1 aromatic rings. The average Bonchev–Trinajstić information content (AvgIpc) is 2.28. The van der Waals surface area contributed by atoms with E-state index in [1.807, 2.05) is 12.1 Å². The highest BCUT2D eigenvalue weighted by Crippen LogP contribution is 2.36. The van der Waals surface area contributed by atoms with Gasteiger partial charge in [-0.3, -0.25) is 0 Å². The van der Waals surface area contributed by atoms with Gasteiger partial charge in [0, 0.05) is 17.6 Å². The van der Waals surface area contributed by atoms with Crippen LogP contribution in [-0.4, -0.2) is 6.04 Å². The van der Waals surface area contributed by atoms with E-state index in [9.17, 15) is 4.39 Å². The maximum atomic E-state index is 13.7. The lowest BCUT2D eigenvalue weighted by Crippen LogP contribution is -2.38. The molecule has 2 rings (SSSR count). The average molecular weight is 249 g/mol. The van der Waals surface area contributed by atoms with Crippen LogP contribution in [0.25, 0.3) is 0 Å². The molecular formula is C16H24FN. The Morgan fingerprint density at radius 2 is 2.06 bits per heavy atom. The first kappa shape index (κ1) is 13.5. The predicted molar refractivity (Wildman–Crippen MR) is 74.0 cm³/mol. The van der Waals surface area contributed by atoms with E-state index in [4.69, 9.17) is 0 Å². The Bertz CT molecular complexity index is 400. The van der Waals surface area contributed by atoms with E-state index < -0.39 is 0 Å². The third kappa shape index (κ3) is 3.32. The van der Waals surface area contributed by atoms with Gasteiger partial charge in [-0.2, -0.15) is 0 Å². The van der Waals surface area contributed by atoms with Crippen LogP contribution in [0.4, 0.5) is 4.39 Å². The van der Waals surface area contributed by atoms with Gasteiger partial charge in [0.2, 0.25) is 0 Å². The first-order valence-electron chi connectivity index (χ1n) is 6.98. The van der Waals surface area contributed by atoms with Crippen LogP contribution in [0, 0.1) is 11.2 Å². The lowest BCUT2D eigenvalue weighted by Gasteiger charge is -2.37. The summed E-state index contributed by atoms with van der Waals surface area (Å²) in [4.78, 5) is 0. The number of hydrogen-bond donors (Lipinski definition) is 1. The first-order valence-corrected chi connectivity index (χ1v) is 6.98. The van der Waals surface area contributed by atoms with Crippen molar-refractivity contribution in [3.05, 3.63) is 35.6 Å². The van der Waals surface area contributed by atoms with Crippen molar-refractivity contribution >= 4 is 0 Å². The van der Waals surface area contributed by atoms with Gasteiger partial charge in [-0.05, 0) is 37.7 Å². The van der Waals surface area contributed by atoms with Crippen molar-refractivity contribution in [1.82, 2.24) is 5.32 Å². The summed E-state index contributed by atoms with van der Waals surface area (Å²) in [5.41, 5.74) is 1.20. The molecule has 0 bridgehead atoms. The zero-order chi connectivity index (χ0) is 13.2. The van der Waals surface area contributed by atoms with Crippen LogP contribution in [0.3, 0.4) is 0 Å². The van der Waals surface area contributed by atoms with Crippen LogP contribution in [-0.2, 0) is 0 Å². The van der Waals surface area contributed by atoms with Crippen LogP contribution in [0.15, 0.2) is 24.3 Å². The van der Waals surface area contributed by atoms with Crippen molar-refractivity contribution in [1.29, 1.82) is 0 Å². The Balaban J connectivity index is 1.99. The van der Waals surface area contributed by atoms with E-state index in [-0.39, 0.29) is 11.9 Å². The largest absolute Gasteiger partial charge is 0.307 e. The van der Waals surface area contributed by atoms with Gasteiger partial charge in [-0.1, -0.05) is 38.5 Å². The number of rotatable bonds is 3. The van der Waals surface area contributed by atoms with E-state index in [2.05, 4.69) is 26.1 Å². The molecule has 2 heteroatoms. The molecular weight excluding hydrogens is 225 g/mol. The summed E-state index contributed by atoms with van der Waals surface area (Å²) in [5.74, 6) is -0.104. The van der Waals surface area contributed by atoms with Crippen molar-refractivity contribution in [3.63, 3.8) is 0 Å². The van der Waals surface area contributed by atoms with Crippen molar-refractivity contribution in [2.75, 3.05) is 0 Å². The second-order valence-electron chi connectivity index (χ2n) is 6.37. The number of benzene rings is 1. The Hall–Kier alpha value is -0.890. The summed E-state index contributed by atoms with van der Waals surface area (Å²) in [5, 5.41) is 3.59.